The number of rotatable bonds is 29. The number of hydrogen-bond acceptors (Lipinski definition) is 32. The number of carbonyl (C=O) groups is 12. The van der Waals surface area contributed by atoms with Crippen LogP contribution in [0.25, 0.3) is 0 Å². The molecule has 4 heterocycles. The first-order valence-electron chi connectivity index (χ1n) is 37.3. The fourth-order valence-electron chi connectivity index (χ4n) is 13.3. The van der Waals surface area contributed by atoms with Gasteiger partial charge in [0.1, 0.15) is 43.7 Å². The third kappa shape index (κ3) is 21.8. The molecule has 0 N–H and O–H groups in total. The standard InChI is InChI=1S/C87H80O32/c1-49(88)105-68-69(106-50(2)89)72(107-51(3)90)87(119-70(68)83(99)100-4)118-67-64(112-78(94)55-36-20-9-21-37-55)61(47-103-76(92)53-32-16-7-17-33-53)110-86(74(67)116-82(98)59-44-28-13-29-45-59)117-66-63(111-77(93)54-34-18-8-19-35-54)60(46-102-75(91)52-30-14-6-15-31-52)108-85(73(66)115-81(97)58-42-26-12-27-43-58)109-62-48-104-84(101-5)71(114-80(96)57-40-24-11-25-41-57)65(62)113-79(95)56-38-22-10-23-39-56/h6-45,60-74,84-87H,46-48H2,1-5H3/t60-,61-,62-,63+,64+,65+,66+,67+,68+,69+,70+,71-,72-,73-,74-,84-,85+,86+,87-/m1/s1. The first-order valence-corrected chi connectivity index (χ1v) is 37.3. The molecular weight excluding hydrogens is 1560 g/mol. The van der Waals surface area contributed by atoms with Crippen molar-refractivity contribution in [3.63, 3.8) is 0 Å². The minimum Gasteiger partial charge on any atom is -0.467 e. The Morgan fingerprint density at radius 3 is 0.849 bits per heavy atom. The Kier molecular flexibility index (Phi) is 29.3. The Morgan fingerprint density at radius 1 is 0.277 bits per heavy atom. The molecule has 0 aromatic heterocycles. The average molecular weight is 1640 g/mol. The smallest absolute Gasteiger partial charge is 0.339 e. The quantitative estimate of drug-likeness (QED) is 0.0314. The summed E-state index contributed by atoms with van der Waals surface area (Å²) in [6.45, 7) is 0.0997. The van der Waals surface area contributed by atoms with Gasteiger partial charge in [-0.2, -0.15) is 0 Å². The maximum absolute atomic E-state index is 15.5. The first-order chi connectivity index (χ1) is 57.6. The van der Waals surface area contributed by atoms with Crippen LogP contribution in [0.5, 0.6) is 0 Å². The van der Waals surface area contributed by atoms with Crippen molar-refractivity contribution in [2.75, 3.05) is 34.0 Å². The SMILES string of the molecule is COC(=O)[C@H]1O[C@@H](O[C@H]2[C@@H](OC(=O)c3ccccc3)[C@@H](COC(=O)c3ccccc3)O[C@@H](O[C@H]3[C@@H](OC(=O)c4ccccc4)[C@@H](COC(=O)c4ccccc4)O[C@@H](O[C@@H]4CO[C@@H](OC)[C@H](OC(=O)c5ccccc5)[C@H]4OC(=O)c4ccccc4)[C@@H]3OC(=O)c3ccccc3)[C@@H]2OC(=O)c2ccccc2)[C@H](OC(C)=O)[C@@H](OC(C)=O)[C@@H]1OC(C)=O. The van der Waals surface area contributed by atoms with Crippen molar-refractivity contribution in [2.24, 2.45) is 0 Å². The molecule has 4 aliphatic heterocycles. The van der Waals surface area contributed by atoms with E-state index >= 15 is 19.2 Å². The summed E-state index contributed by atoms with van der Waals surface area (Å²) in [6, 6.07) is 59.2. The molecule has 4 aliphatic rings. The van der Waals surface area contributed by atoms with E-state index in [0.717, 1.165) is 27.9 Å². The van der Waals surface area contributed by atoms with Crippen LogP contribution in [0.3, 0.4) is 0 Å². The Balaban J connectivity index is 1.09. The molecule has 32 nitrogen and oxygen atoms in total. The third-order valence-corrected chi connectivity index (χ3v) is 18.8. The van der Waals surface area contributed by atoms with E-state index in [1.54, 1.807) is 84.9 Å². The number of hydrogen-bond donors (Lipinski definition) is 0. The van der Waals surface area contributed by atoms with Gasteiger partial charge in [0.25, 0.3) is 0 Å². The van der Waals surface area contributed by atoms with E-state index in [0.29, 0.717) is 0 Å². The van der Waals surface area contributed by atoms with Gasteiger partial charge in [0, 0.05) is 27.9 Å². The molecule has 32 heteroatoms. The van der Waals surface area contributed by atoms with Gasteiger partial charge in [-0.25, -0.2) is 43.2 Å². The summed E-state index contributed by atoms with van der Waals surface area (Å²) in [6.07, 6.45) is -40.5. The monoisotopic (exact) mass is 1640 g/mol. The largest absolute Gasteiger partial charge is 0.467 e. The van der Waals surface area contributed by atoms with Gasteiger partial charge in [0.2, 0.25) is 6.29 Å². The maximum Gasteiger partial charge on any atom is 0.339 e. The number of methoxy groups -OCH3 is 2. The predicted octanol–water partition coefficient (Wildman–Crippen LogP) is 8.36. The maximum atomic E-state index is 15.5. The highest BCUT2D eigenvalue weighted by Crippen LogP contribution is 2.41. The molecule has 8 aromatic carbocycles. The van der Waals surface area contributed by atoms with Gasteiger partial charge in [-0.3, -0.25) is 14.4 Å². The fraction of sp³-hybridized carbons (Fsp3) is 0.310. The molecule has 0 aliphatic carbocycles. The zero-order chi connectivity index (χ0) is 84.1. The number of ether oxygens (including phenoxy) is 20. The summed E-state index contributed by atoms with van der Waals surface area (Å²) >= 11 is 0. The molecule has 0 spiro atoms. The molecule has 4 fully saturated rings. The van der Waals surface area contributed by atoms with Crippen molar-refractivity contribution in [1.82, 2.24) is 0 Å². The van der Waals surface area contributed by atoms with Gasteiger partial charge in [-0.1, -0.05) is 146 Å². The van der Waals surface area contributed by atoms with Crippen molar-refractivity contribution in [2.45, 2.75) is 137 Å². The van der Waals surface area contributed by atoms with Crippen molar-refractivity contribution in [1.29, 1.82) is 0 Å². The van der Waals surface area contributed by atoms with Gasteiger partial charge >= 0.3 is 71.6 Å². The summed E-state index contributed by atoms with van der Waals surface area (Å²) in [5.41, 5.74) is -0.729. The lowest BCUT2D eigenvalue weighted by molar-refractivity contribution is -0.382. The normalized spacial score (nSPS) is 25.7. The van der Waals surface area contributed by atoms with E-state index in [1.165, 1.54) is 165 Å². The van der Waals surface area contributed by atoms with E-state index in [4.69, 9.17) is 94.7 Å². The Bertz CT molecular complexity index is 4800. The fourth-order valence-corrected chi connectivity index (χ4v) is 13.3. The summed E-state index contributed by atoms with van der Waals surface area (Å²) in [5, 5.41) is 0. The molecule has 4 saturated heterocycles. The molecule has 0 radical (unpaired) electrons. The van der Waals surface area contributed by atoms with Crippen LogP contribution in [0.15, 0.2) is 243 Å². The van der Waals surface area contributed by atoms with Crippen LogP contribution < -0.4 is 0 Å². The lowest BCUT2D eigenvalue weighted by Crippen LogP contribution is -2.69. The molecule has 0 bridgehead atoms. The molecule has 119 heavy (non-hydrogen) atoms. The van der Waals surface area contributed by atoms with Crippen LogP contribution in [-0.2, 0) is 114 Å². The van der Waals surface area contributed by atoms with E-state index in [-0.39, 0.29) is 44.5 Å². The van der Waals surface area contributed by atoms with E-state index < -0.39 is 208 Å². The van der Waals surface area contributed by atoms with Crippen LogP contribution in [0.4, 0.5) is 0 Å². The highest BCUT2D eigenvalue weighted by Gasteiger charge is 2.63. The number of esters is 12. The molecule has 19 atom stereocenters. The second-order valence-electron chi connectivity index (χ2n) is 26.9. The van der Waals surface area contributed by atoms with Gasteiger partial charge in [-0.15, -0.1) is 0 Å². The number of benzene rings is 8. The Hall–Kier alpha value is -12.9. The second-order valence-corrected chi connectivity index (χ2v) is 26.9. The number of carbonyl (C=O) groups excluding carboxylic acids is 12. The van der Waals surface area contributed by atoms with E-state index in [9.17, 15) is 38.4 Å². The average Bonchev–Trinajstić information content (AvgIpc) is 0.772. The lowest BCUT2D eigenvalue weighted by Gasteiger charge is -2.51. The van der Waals surface area contributed by atoms with Crippen LogP contribution in [0.1, 0.15) is 104 Å². The van der Waals surface area contributed by atoms with Gasteiger partial charge in [-0.05, 0) is 97.1 Å². The molecule has 12 rings (SSSR count). The first kappa shape index (κ1) is 85.4. The topological polar surface area (TPSA) is 389 Å². The van der Waals surface area contributed by atoms with Gasteiger partial charge in [0.15, 0.2) is 79.9 Å². The lowest BCUT2D eigenvalue weighted by atomic mass is 9.94. The molecule has 0 saturated carbocycles. The Labute approximate surface area is 679 Å². The molecule has 620 valence electrons. The third-order valence-electron chi connectivity index (χ3n) is 18.8. The van der Waals surface area contributed by atoms with Crippen molar-refractivity contribution in [3.05, 3.63) is 287 Å². The minimum atomic E-state index is -2.51. The minimum absolute atomic E-state index is 0.00857. The van der Waals surface area contributed by atoms with Crippen LogP contribution in [-0.4, -0.2) is 222 Å². The van der Waals surface area contributed by atoms with Crippen molar-refractivity contribution >= 4 is 71.6 Å². The van der Waals surface area contributed by atoms with Crippen molar-refractivity contribution < 1.29 is 152 Å². The van der Waals surface area contributed by atoms with Crippen LogP contribution in [0, 0.1) is 0 Å². The summed E-state index contributed by atoms with van der Waals surface area (Å²) in [5.74, 6) is -13.5. The van der Waals surface area contributed by atoms with Crippen LogP contribution in [0.2, 0.25) is 0 Å². The van der Waals surface area contributed by atoms with Gasteiger partial charge < -0.3 is 94.7 Å². The van der Waals surface area contributed by atoms with Crippen molar-refractivity contribution in [3.8, 4) is 0 Å². The molecule has 8 aromatic rings. The zero-order valence-corrected chi connectivity index (χ0v) is 64.2. The predicted molar refractivity (Wildman–Crippen MR) is 403 cm³/mol. The van der Waals surface area contributed by atoms with E-state index in [2.05, 4.69) is 0 Å². The molecule has 0 amide bonds. The Morgan fingerprint density at radius 2 is 0.538 bits per heavy atom. The summed E-state index contributed by atoms with van der Waals surface area (Å²) in [4.78, 5) is 174. The van der Waals surface area contributed by atoms with E-state index in [1.807, 2.05) is 0 Å². The van der Waals surface area contributed by atoms with Gasteiger partial charge in [0.05, 0.1) is 58.2 Å². The highest BCUT2D eigenvalue weighted by atomic mass is 16.8. The molecule has 0 unspecified atom stereocenters. The highest BCUT2D eigenvalue weighted by molar-refractivity contribution is 5.93. The second kappa shape index (κ2) is 40.8. The zero-order valence-electron chi connectivity index (χ0n) is 64.2. The molecular formula is C87H80O32. The summed E-state index contributed by atoms with van der Waals surface area (Å²) in [7, 11) is 2.14. The summed E-state index contributed by atoms with van der Waals surface area (Å²) < 4.78 is 127. The van der Waals surface area contributed by atoms with Crippen LogP contribution >= 0.6 is 0 Å².